The van der Waals surface area contributed by atoms with Crippen molar-refractivity contribution in [1.29, 1.82) is 0 Å². The molecule has 1 aliphatic rings. The van der Waals surface area contributed by atoms with Gasteiger partial charge in [-0.25, -0.2) is 4.68 Å². The average Bonchev–Trinajstić information content (AvgIpc) is 2.86. The van der Waals surface area contributed by atoms with Crippen molar-refractivity contribution >= 4 is 11.6 Å². The first-order valence-electron chi connectivity index (χ1n) is 11.7. The van der Waals surface area contributed by atoms with Gasteiger partial charge in [0.2, 0.25) is 5.91 Å². The normalized spacial score (nSPS) is 13.6. The van der Waals surface area contributed by atoms with E-state index in [9.17, 15) is 9.59 Å². The maximum Gasteiger partial charge on any atom is 0.271 e. The number of carbonyl (C=O) groups is 1. The number of benzene rings is 2. The molecule has 34 heavy (non-hydrogen) atoms. The molecule has 0 unspecified atom stereocenters. The second-order valence-corrected chi connectivity index (χ2v) is 8.61. The zero-order valence-corrected chi connectivity index (χ0v) is 20.2. The van der Waals surface area contributed by atoms with Crippen LogP contribution in [0.15, 0.2) is 47.3 Å². The molecule has 1 aromatic heterocycles. The number of aryl methyl sites for hydroxylation is 1. The minimum atomic E-state index is -0.739. The van der Waals surface area contributed by atoms with E-state index in [2.05, 4.69) is 5.32 Å². The van der Waals surface area contributed by atoms with Crippen molar-refractivity contribution < 1.29 is 14.3 Å². The first-order chi connectivity index (χ1) is 16.5. The third-order valence-corrected chi connectivity index (χ3v) is 6.39. The molecule has 0 bridgehead atoms. The summed E-state index contributed by atoms with van der Waals surface area (Å²) in [6.07, 6.45) is 3.97. The van der Waals surface area contributed by atoms with E-state index in [1.807, 2.05) is 38.1 Å². The third kappa shape index (κ3) is 4.55. The number of aromatic nitrogens is 2. The van der Waals surface area contributed by atoms with E-state index in [-0.39, 0.29) is 11.5 Å². The zero-order valence-electron chi connectivity index (χ0n) is 20.2. The highest BCUT2D eigenvalue weighted by Crippen LogP contribution is 2.31. The maximum absolute atomic E-state index is 13.5. The lowest BCUT2D eigenvalue weighted by Gasteiger charge is -2.24. The van der Waals surface area contributed by atoms with Crippen LogP contribution in [0.5, 0.6) is 11.5 Å². The summed E-state index contributed by atoms with van der Waals surface area (Å²) in [5.74, 6) is 0.789. The molecule has 178 valence electrons. The summed E-state index contributed by atoms with van der Waals surface area (Å²) in [7, 11) is 3.10. The highest BCUT2D eigenvalue weighted by molar-refractivity contribution is 5.94. The number of hydrogen-bond donors (Lipinski definition) is 1. The van der Waals surface area contributed by atoms with Gasteiger partial charge in [-0.3, -0.25) is 9.59 Å². The molecule has 1 heterocycles. The van der Waals surface area contributed by atoms with E-state index in [1.165, 1.54) is 4.68 Å². The lowest BCUT2D eigenvalue weighted by molar-refractivity contribution is -0.119. The summed E-state index contributed by atoms with van der Waals surface area (Å²) in [6.45, 7) is 3.93. The van der Waals surface area contributed by atoms with Gasteiger partial charge in [0.05, 0.1) is 19.9 Å². The molecule has 1 amide bonds. The van der Waals surface area contributed by atoms with E-state index in [0.29, 0.717) is 30.0 Å². The number of carbonyl (C=O) groups excluding carboxylic acids is 1. The van der Waals surface area contributed by atoms with Gasteiger partial charge in [-0.1, -0.05) is 36.8 Å². The van der Waals surface area contributed by atoms with Crippen molar-refractivity contribution in [3.8, 4) is 22.8 Å². The van der Waals surface area contributed by atoms with Crippen molar-refractivity contribution in [2.24, 2.45) is 0 Å². The fourth-order valence-corrected chi connectivity index (χ4v) is 4.52. The summed E-state index contributed by atoms with van der Waals surface area (Å²) in [6, 6.07) is 12.6. The van der Waals surface area contributed by atoms with Crippen molar-refractivity contribution in [2.75, 3.05) is 19.5 Å². The van der Waals surface area contributed by atoms with Gasteiger partial charge in [-0.15, -0.1) is 0 Å². The van der Waals surface area contributed by atoms with Gasteiger partial charge in [-0.2, -0.15) is 5.10 Å². The minimum Gasteiger partial charge on any atom is -0.493 e. The van der Waals surface area contributed by atoms with Gasteiger partial charge < -0.3 is 14.8 Å². The largest absolute Gasteiger partial charge is 0.493 e. The minimum absolute atomic E-state index is 0.167. The van der Waals surface area contributed by atoms with Crippen molar-refractivity contribution in [3.05, 3.63) is 69.5 Å². The quantitative estimate of drug-likeness (QED) is 0.551. The molecule has 0 fully saturated rings. The Hall–Kier alpha value is -3.61. The number of fused-ring (bicyclic) bond motifs is 1. The monoisotopic (exact) mass is 461 g/mol. The Morgan fingerprint density at radius 2 is 1.71 bits per heavy atom. The Kier molecular flexibility index (Phi) is 7.01. The van der Waals surface area contributed by atoms with Crippen LogP contribution in [-0.2, 0) is 17.6 Å². The molecule has 2 aromatic carbocycles. The summed E-state index contributed by atoms with van der Waals surface area (Å²) in [5, 5.41) is 7.70. The van der Waals surface area contributed by atoms with E-state index in [0.717, 1.165) is 47.2 Å². The second kappa shape index (κ2) is 10.1. The first kappa shape index (κ1) is 23.5. The number of amides is 1. The number of ether oxygens (including phenoxy) is 2. The first-order valence-corrected chi connectivity index (χ1v) is 11.7. The van der Waals surface area contributed by atoms with Crippen LogP contribution in [0.2, 0.25) is 0 Å². The number of nitrogens with zero attached hydrogens (tertiary/aromatic N) is 2. The molecule has 1 atom stereocenters. The van der Waals surface area contributed by atoms with Crippen LogP contribution in [0.3, 0.4) is 0 Å². The number of nitrogens with one attached hydrogen (secondary N) is 1. The van der Waals surface area contributed by atoms with E-state index < -0.39 is 6.04 Å². The predicted octanol–water partition coefficient (Wildman–Crippen LogP) is 4.70. The fraction of sp³-hybridized carbons (Fsp3) is 0.370. The Bertz CT molecular complexity index is 1250. The van der Waals surface area contributed by atoms with Gasteiger partial charge in [0.25, 0.3) is 5.56 Å². The Balaban J connectivity index is 1.74. The third-order valence-electron chi connectivity index (χ3n) is 6.39. The molecule has 3 aromatic rings. The van der Waals surface area contributed by atoms with Gasteiger partial charge >= 0.3 is 0 Å². The van der Waals surface area contributed by atoms with Gasteiger partial charge in [0.15, 0.2) is 11.5 Å². The molecule has 0 radical (unpaired) electrons. The number of hydrogen-bond acceptors (Lipinski definition) is 5. The maximum atomic E-state index is 13.5. The molecule has 1 aliphatic carbocycles. The molecule has 7 nitrogen and oxygen atoms in total. The summed E-state index contributed by atoms with van der Waals surface area (Å²) in [4.78, 5) is 26.8. The predicted molar refractivity (Wildman–Crippen MR) is 133 cm³/mol. The number of anilines is 1. The number of rotatable bonds is 7. The van der Waals surface area contributed by atoms with Crippen LogP contribution >= 0.6 is 0 Å². The van der Waals surface area contributed by atoms with Crippen LogP contribution < -0.4 is 20.3 Å². The van der Waals surface area contributed by atoms with E-state index >= 15 is 0 Å². The summed E-state index contributed by atoms with van der Waals surface area (Å²) < 4.78 is 12.0. The van der Waals surface area contributed by atoms with Crippen molar-refractivity contribution in [3.63, 3.8) is 0 Å². The van der Waals surface area contributed by atoms with Gasteiger partial charge in [0.1, 0.15) is 6.04 Å². The second-order valence-electron chi connectivity index (χ2n) is 8.61. The van der Waals surface area contributed by atoms with Gasteiger partial charge in [-0.05, 0) is 56.7 Å². The molecule has 1 N–H and O–H groups in total. The van der Waals surface area contributed by atoms with E-state index in [1.54, 1.807) is 32.4 Å². The van der Waals surface area contributed by atoms with Crippen LogP contribution in [0.1, 0.15) is 48.9 Å². The summed E-state index contributed by atoms with van der Waals surface area (Å²) in [5.41, 5.74) is 5.12. The molecule has 0 saturated heterocycles. The lowest BCUT2D eigenvalue weighted by Crippen LogP contribution is -2.38. The Morgan fingerprint density at radius 3 is 2.35 bits per heavy atom. The molecule has 7 heteroatoms. The van der Waals surface area contributed by atoms with Gasteiger partial charge in [0, 0.05) is 22.9 Å². The van der Waals surface area contributed by atoms with E-state index in [4.69, 9.17) is 14.6 Å². The molecule has 4 rings (SSSR count). The highest BCUT2D eigenvalue weighted by Gasteiger charge is 2.27. The smallest absolute Gasteiger partial charge is 0.271 e. The zero-order chi connectivity index (χ0) is 24.2. The lowest BCUT2D eigenvalue weighted by atomic mass is 9.89. The Morgan fingerprint density at radius 1 is 1.03 bits per heavy atom. The molecule has 0 aliphatic heterocycles. The van der Waals surface area contributed by atoms with Crippen LogP contribution in [-0.4, -0.2) is 29.9 Å². The molecular formula is C27H31N3O4. The molecule has 0 spiro atoms. The summed E-state index contributed by atoms with van der Waals surface area (Å²) >= 11 is 0. The fourth-order valence-electron chi connectivity index (χ4n) is 4.52. The Labute approximate surface area is 199 Å². The SMILES string of the molecule is CC[C@@H](C(=O)Nc1ccc(OC)c(OC)c1)n1nc(-c2ccc(C)cc2)c2c(c1=O)CCCC2. The molecule has 0 saturated carbocycles. The van der Waals surface area contributed by atoms with Crippen LogP contribution in [0.4, 0.5) is 5.69 Å². The highest BCUT2D eigenvalue weighted by atomic mass is 16.5. The molecular weight excluding hydrogens is 430 g/mol. The standard InChI is InChI=1S/C27H31N3O4/c1-5-22(26(31)28-19-14-15-23(33-3)24(16-19)34-4)30-27(32)21-9-7-6-8-20(21)25(29-30)18-12-10-17(2)11-13-18/h10-16,22H,5-9H2,1-4H3,(H,28,31)/t22-/m0/s1. The topological polar surface area (TPSA) is 82.4 Å². The van der Waals surface area contributed by atoms with Crippen molar-refractivity contribution in [1.82, 2.24) is 9.78 Å². The average molecular weight is 462 g/mol. The number of methoxy groups -OCH3 is 2. The van der Waals surface area contributed by atoms with Crippen molar-refractivity contribution in [2.45, 2.75) is 52.0 Å². The van der Waals surface area contributed by atoms with Crippen LogP contribution in [0.25, 0.3) is 11.3 Å². The van der Waals surface area contributed by atoms with Crippen LogP contribution in [0, 0.1) is 6.92 Å².